The third-order valence-electron chi connectivity index (χ3n) is 5.53. The summed E-state index contributed by atoms with van der Waals surface area (Å²) in [5, 5.41) is 3.59. The molecule has 0 radical (unpaired) electrons. The molecule has 1 fully saturated rings. The van der Waals surface area contributed by atoms with Gasteiger partial charge < -0.3 is 9.47 Å². The van der Waals surface area contributed by atoms with Gasteiger partial charge in [0, 0.05) is 20.6 Å². The molecule has 37 heavy (non-hydrogen) atoms. The summed E-state index contributed by atoms with van der Waals surface area (Å²) in [6, 6.07) is 12.5. The van der Waals surface area contributed by atoms with E-state index in [-0.39, 0.29) is 17.9 Å². The number of anilines is 1. The number of imide groups is 2. The van der Waals surface area contributed by atoms with E-state index in [4.69, 9.17) is 44.3 Å². The van der Waals surface area contributed by atoms with E-state index in [1.165, 1.54) is 13.2 Å². The summed E-state index contributed by atoms with van der Waals surface area (Å²) in [6.07, 6.45) is 1.39. The summed E-state index contributed by atoms with van der Waals surface area (Å²) < 4.78 is 12.1. The molecular formula is C26H18Cl3IN2O5. The average molecular weight is 672 g/mol. The first kappa shape index (κ1) is 27.3. The number of rotatable bonds is 6. The van der Waals surface area contributed by atoms with Gasteiger partial charge in [-0.05, 0) is 83.1 Å². The minimum atomic E-state index is -0.853. The molecule has 1 saturated heterocycles. The highest BCUT2D eigenvalue weighted by molar-refractivity contribution is 14.1. The molecule has 1 aliphatic heterocycles. The quantitative estimate of drug-likeness (QED) is 0.177. The van der Waals surface area contributed by atoms with Gasteiger partial charge in [-0.3, -0.25) is 14.9 Å². The number of ether oxygens (including phenoxy) is 2. The molecule has 190 valence electrons. The summed E-state index contributed by atoms with van der Waals surface area (Å²) in [7, 11) is 1.48. The van der Waals surface area contributed by atoms with E-state index in [9.17, 15) is 14.4 Å². The fourth-order valence-corrected chi connectivity index (χ4v) is 5.05. The molecule has 4 rings (SSSR count). The number of carbonyl (C=O) groups is 3. The average Bonchev–Trinajstić information content (AvgIpc) is 2.84. The van der Waals surface area contributed by atoms with Crippen molar-refractivity contribution in [2.75, 3.05) is 12.0 Å². The zero-order valence-corrected chi connectivity index (χ0v) is 23.8. The number of nitrogens with zero attached hydrogens (tertiary/aromatic N) is 1. The van der Waals surface area contributed by atoms with E-state index >= 15 is 0 Å². The molecule has 0 spiro atoms. The number of urea groups is 1. The van der Waals surface area contributed by atoms with Crippen LogP contribution in [0.3, 0.4) is 0 Å². The van der Waals surface area contributed by atoms with Gasteiger partial charge in [-0.15, -0.1) is 0 Å². The first-order valence-electron chi connectivity index (χ1n) is 10.7. The van der Waals surface area contributed by atoms with Crippen molar-refractivity contribution in [1.29, 1.82) is 0 Å². The molecular weight excluding hydrogens is 654 g/mol. The van der Waals surface area contributed by atoms with Crippen LogP contribution in [0.25, 0.3) is 6.08 Å². The van der Waals surface area contributed by atoms with Crippen LogP contribution in [0.5, 0.6) is 11.5 Å². The first-order chi connectivity index (χ1) is 17.6. The minimum absolute atomic E-state index is 0.166. The second-order valence-corrected chi connectivity index (χ2v) is 10.3. The van der Waals surface area contributed by atoms with Crippen LogP contribution < -0.4 is 19.7 Å². The fourth-order valence-electron chi connectivity index (χ4n) is 3.63. The van der Waals surface area contributed by atoms with Crippen molar-refractivity contribution < 1.29 is 23.9 Å². The fraction of sp³-hybridized carbons (Fsp3) is 0.115. The number of methoxy groups -OCH3 is 1. The second-order valence-electron chi connectivity index (χ2n) is 7.90. The Kier molecular flexibility index (Phi) is 8.33. The molecule has 1 aliphatic rings. The van der Waals surface area contributed by atoms with Crippen molar-refractivity contribution in [1.82, 2.24) is 5.32 Å². The van der Waals surface area contributed by atoms with E-state index in [0.29, 0.717) is 41.3 Å². The lowest BCUT2D eigenvalue weighted by Gasteiger charge is -2.27. The van der Waals surface area contributed by atoms with Crippen LogP contribution in [0.2, 0.25) is 15.1 Å². The summed E-state index contributed by atoms with van der Waals surface area (Å²) in [4.78, 5) is 39.4. The predicted molar refractivity (Wildman–Crippen MR) is 152 cm³/mol. The maximum atomic E-state index is 13.3. The molecule has 3 aromatic carbocycles. The third kappa shape index (κ3) is 5.72. The van der Waals surface area contributed by atoms with Crippen LogP contribution >= 0.6 is 57.4 Å². The van der Waals surface area contributed by atoms with E-state index in [2.05, 4.69) is 27.9 Å². The van der Waals surface area contributed by atoms with E-state index in [0.717, 1.165) is 10.5 Å². The van der Waals surface area contributed by atoms with E-state index in [1.807, 2.05) is 0 Å². The molecule has 3 aromatic rings. The normalized spacial score (nSPS) is 14.7. The van der Waals surface area contributed by atoms with Crippen molar-refractivity contribution in [3.05, 3.63) is 89.4 Å². The molecule has 0 saturated carbocycles. The van der Waals surface area contributed by atoms with Gasteiger partial charge in [0.25, 0.3) is 11.8 Å². The lowest BCUT2D eigenvalue weighted by molar-refractivity contribution is -0.122. The molecule has 0 unspecified atom stereocenters. The lowest BCUT2D eigenvalue weighted by Crippen LogP contribution is -2.54. The standard InChI is InChI=1S/C26H18Cl3IN2O5/c1-13-18(28)4-3-5-21(13)32-25(34)17(24(33)31-26(32)35)8-14-9-20(30)23(22(10-14)36-2)37-12-15-6-7-16(27)11-19(15)29/h3-11H,12H2,1-2H3,(H,31,33,35)/b17-8+. The van der Waals surface area contributed by atoms with Crippen molar-refractivity contribution in [3.63, 3.8) is 0 Å². The molecule has 1 N–H and O–H groups in total. The van der Waals surface area contributed by atoms with Crippen molar-refractivity contribution in [2.24, 2.45) is 0 Å². The molecule has 0 atom stereocenters. The number of nitrogens with one attached hydrogen (secondary N) is 1. The van der Waals surface area contributed by atoms with Crippen LogP contribution in [-0.4, -0.2) is 25.0 Å². The second kappa shape index (κ2) is 11.3. The highest BCUT2D eigenvalue weighted by Crippen LogP contribution is 2.36. The van der Waals surface area contributed by atoms with Gasteiger partial charge in [0.15, 0.2) is 11.5 Å². The number of halogens is 4. The highest BCUT2D eigenvalue weighted by Gasteiger charge is 2.37. The highest BCUT2D eigenvalue weighted by atomic mass is 127. The van der Waals surface area contributed by atoms with Gasteiger partial charge >= 0.3 is 6.03 Å². The number of benzene rings is 3. The Morgan fingerprint density at radius 3 is 2.49 bits per heavy atom. The Hall–Kier alpha value is -2.79. The molecule has 7 nitrogen and oxygen atoms in total. The Morgan fingerprint density at radius 2 is 1.78 bits per heavy atom. The summed E-state index contributed by atoms with van der Waals surface area (Å²) in [5.74, 6) is -0.739. The number of hydrogen-bond acceptors (Lipinski definition) is 5. The van der Waals surface area contributed by atoms with Crippen LogP contribution in [0.15, 0.2) is 54.1 Å². The van der Waals surface area contributed by atoms with Crippen LogP contribution in [-0.2, 0) is 16.2 Å². The van der Waals surface area contributed by atoms with Crippen LogP contribution in [0.4, 0.5) is 10.5 Å². The SMILES string of the molecule is COc1cc(/C=C2\C(=O)NC(=O)N(c3cccc(Cl)c3C)C2=O)cc(I)c1OCc1ccc(Cl)cc1Cl. The Morgan fingerprint density at radius 1 is 1.03 bits per heavy atom. The van der Waals surface area contributed by atoms with E-state index in [1.54, 1.807) is 55.5 Å². The van der Waals surface area contributed by atoms with Gasteiger partial charge in [-0.1, -0.05) is 46.9 Å². The number of carbonyl (C=O) groups excluding carboxylic acids is 3. The van der Waals surface area contributed by atoms with Crippen molar-refractivity contribution >= 4 is 87.0 Å². The largest absolute Gasteiger partial charge is 0.493 e. The lowest BCUT2D eigenvalue weighted by atomic mass is 10.1. The van der Waals surface area contributed by atoms with Crippen LogP contribution in [0.1, 0.15) is 16.7 Å². The Labute approximate surface area is 241 Å². The molecule has 11 heteroatoms. The topological polar surface area (TPSA) is 84.9 Å². The van der Waals surface area contributed by atoms with Gasteiger partial charge in [0.1, 0.15) is 12.2 Å². The molecule has 4 amide bonds. The third-order valence-corrected chi connectivity index (χ3v) is 7.33. The maximum absolute atomic E-state index is 13.3. The summed E-state index contributed by atoms with van der Waals surface area (Å²) in [6.45, 7) is 1.85. The molecule has 0 aromatic heterocycles. The zero-order chi connectivity index (χ0) is 26.9. The summed E-state index contributed by atoms with van der Waals surface area (Å²) in [5.41, 5.74) is 1.82. The molecule has 0 bridgehead atoms. The van der Waals surface area contributed by atoms with Gasteiger partial charge in [-0.2, -0.15) is 0 Å². The monoisotopic (exact) mass is 670 g/mol. The van der Waals surface area contributed by atoms with Gasteiger partial charge in [-0.25, -0.2) is 9.69 Å². The van der Waals surface area contributed by atoms with Crippen molar-refractivity contribution in [2.45, 2.75) is 13.5 Å². The Balaban J connectivity index is 1.66. The maximum Gasteiger partial charge on any atom is 0.335 e. The van der Waals surface area contributed by atoms with Gasteiger partial charge in [0.05, 0.1) is 16.4 Å². The minimum Gasteiger partial charge on any atom is -0.493 e. The zero-order valence-electron chi connectivity index (χ0n) is 19.4. The van der Waals surface area contributed by atoms with E-state index < -0.39 is 17.8 Å². The molecule has 0 aliphatic carbocycles. The first-order valence-corrected chi connectivity index (χ1v) is 12.9. The predicted octanol–water partition coefficient (Wildman–Crippen LogP) is 6.81. The summed E-state index contributed by atoms with van der Waals surface area (Å²) >= 11 is 20.5. The number of hydrogen-bond donors (Lipinski definition) is 1. The van der Waals surface area contributed by atoms with Crippen molar-refractivity contribution in [3.8, 4) is 11.5 Å². The molecule has 1 heterocycles. The number of barbiturate groups is 1. The number of amides is 4. The van der Waals surface area contributed by atoms with Gasteiger partial charge in [0.2, 0.25) is 0 Å². The Bertz CT molecular complexity index is 1470. The smallest absolute Gasteiger partial charge is 0.335 e. The van der Waals surface area contributed by atoms with Crippen LogP contribution in [0, 0.1) is 10.5 Å².